The number of anilines is 5. The molecule has 9 nitrogen and oxygen atoms in total. The summed E-state index contributed by atoms with van der Waals surface area (Å²) in [5, 5.41) is 18.6. The number of nitriles is 1. The predicted octanol–water partition coefficient (Wildman–Crippen LogP) is 4.45. The number of benzene rings is 2. The second-order valence-electron chi connectivity index (χ2n) is 8.00. The van der Waals surface area contributed by atoms with Gasteiger partial charge in [0.15, 0.2) is 5.82 Å². The van der Waals surface area contributed by atoms with E-state index in [0.717, 1.165) is 22.5 Å². The van der Waals surface area contributed by atoms with Crippen LogP contribution in [0, 0.1) is 11.3 Å². The second kappa shape index (κ2) is 10.8. The number of nitrogens with one attached hydrogen (secondary N) is 3. The number of hydrogen-bond acceptors (Lipinski definition) is 7. The molecule has 0 saturated carbocycles. The summed E-state index contributed by atoms with van der Waals surface area (Å²) in [5.74, 6) is 0.528. The van der Waals surface area contributed by atoms with Crippen LogP contribution < -0.4 is 20.9 Å². The van der Waals surface area contributed by atoms with Gasteiger partial charge in [0, 0.05) is 49.9 Å². The van der Waals surface area contributed by atoms with Gasteiger partial charge in [-0.2, -0.15) is 10.2 Å². The van der Waals surface area contributed by atoms with Crippen LogP contribution in [0.5, 0.6) is 0 Å². The van der Waals surface area contributed by atoms with Gasteiger partial charge in [-0.15, -0.1) is 0 Å². The monoisotopic (exact) mass is 489 g/mol. The maximum absolute atomic E-state index is 12.1. The number of nitrogens with zero attached hydrogens (tertiary/aromatic N) is 4. The number of halogens is 1. The van der Waals surface area contributed by atoms with Gasteiger partial charge < -0.3 is 20.9 Å². The van der Waals surface area contributed by atoms with Gasteiger partial charge in [-0.05, 0) is 41.8 Å². The number of carbonyl (C=O) groups is 2. The fraction of sp³-hybridized carbons (Fsp3) is 0.240. The maximum atomic E-state index is 12.1. The van der Waals surface area contributed by atoms with Crippen molar-refractivity contribution in [3.8, 4) is 6.07 Å². The first kappa shape index (κ1) is 24.0. The van der Waals surface area contributed by atoms with Crippen LogP contribution in [0.25, 0.3) is 0 Å². The molecular weight excluding hydrogens is 466 g/mol. The predicted molar refractivity (Wildman–Crippen MR) is 135 cm³/mol. The zero-order chi connectivity index (χ0) is 24.8. The number of carbonyl (C=O) groups excluding carboxylic acids is 2. The van der Waals surface area contributed by atoms with E-state index >= 15 is 0 Å². The zero-order valence-electron chi connectivity index (χ0n) is 19.1. The fourth-order valence-corrected chi connectivity index (χ4v) is 3.97. The molecule has 3 N–H and O–H groups in total. The summed E-state index contributed by atoms with van der Waals surface area (Å²) in [6.45, 7) is 2.12. The highest BCUT2D eigenvalue weighted by Gasteiger charge is 2.20. The first-order valence-electron chi connectivity index (χ1n) is 11.1. The minimum absolute atomic E-state index is 0.105. The summed E-state index contributed by atoms with van der Waals surface area (Å²) < 4.78 is 0. The Bertz CT molecular complexity index is 1310. The van der Waals surface area contributed by atoms with Crippen LogP contribution in [-0.4, -0.2) is 28.3 Å². The summed E-state index contributed by atoms with van der Waals surface area (Å²) in [4.78, 5) is 34.5. The summed E-state index contributed by atoms with van der Waals surface area (Å²) >= 11 is 6.35. The van der Waals surface area contributed by atoms with E-state index in [1.54, 1.807) is 4.90 Å². The van der Waals surface area contributed by atoms with Crippen molar-refractivity contribution in [3.63, 3.8) is 0 Å². The summed E-state index contributed by atoms with van der Waals surface area (Å²) in [6.07, 6.45) is 2.77. The Balaban J connectivity index is 1.58. The Labute approximate surface area is 208 Å². The number of hydrogen-bond donors (Lipinski definition) is 3. The van der Waals surface area contributed by atoms with Crippen molar-refractivity contribution in [2.24, 2.45) is 0 Å². The topological polar surface area (TPSA) is 123 Å². The quantitative estimate of drug-likeness (QED) is 0.467. The van der Waals surface area contributed by atoms with Gasteiger partial charge in [0.25, 0.3) is 0 Å². The SMILES string of the molecule is CC(=O)N1CCC(=O)NCc2cc(Nc3ncc(Cl)c(Nc4ccccc4CCC#N)n3)ccc21. The average Bonchev–Trinajstić information content (AvgIpc) is 2.84. The van der Waals surface area contributed by atoms with Gasteiger partial charge in [-0.1, -0.05) is 29.8 Å². The molecule has 10 heteroatoms. The number of rotatable bonds is 6. The van der Waals surface area contributed by atoms with Crippen LogP contribution in [0.15, 0.2) is 48.7 Å². The van der Waals surface area contributed by atoms with Crippen molar-refractivity contribution in [1.29, 1.82) is 5.26 Å². The van der Waals surface area contributed by atoms with Crippen LogP contribution >= 0.6 is 11.6 Å². The van der Waals surface area contributed by atoms with Crippen molar-refractivity contribution >= 4 is 52.2 Å². The molecule has 2 heterocycles. The Morgan fingerprint density at radius 3 is 2.89 bits per heavy atom. The molecule has 1 aliphatic heterocycles. The highest BCUT2D eigenvalue weighted by molar-refractivity contribution is 6.32. The summed E-state index contributed by atoms with van der Waals surface area (Å²) in [5.41, 5.74) is 4.06. The molecule has 4 rings (SSSR count). The normalized spacial score (nSPS) is 13.1. The Morgan fingerprint density at radius 2 is 2.09 bits per heavy atom. The van der Waals surface area contributed by atoms with E-state index in [1.165, 1.54) is 13.1 Å². The molecule has 0 unspecified atom stereocenters. The largest absolute Gasteiger partial charge is 0.352 e. The van der Waals surface area contributed by atoms with E-state index in [4.69, 9.17) is 16.9 Å². The number of aromatic nitrogens is 2. The van der Waals surface area contributed by atoms with E-state index in [9.17, 15) is 9.59 Å². The van der Waals surface area contributed by atoms with Gasteiger partial charge in [-0.25, -0.2) is 4.98 Å². The van der Waals surface area contributed by atoms with Crippen LogP contribution in [0.1, 0.15) is 30.9 Å². The molecule has 0 radical (unpaired) electrons. The van der Waals surface area contributed by atoms with E-state index in [-0.39, 0.29) is 18.2 Å². The minimum atomic E-state index is -0.117. The lowest BCUT2D eigenvalue weighted by Crippen LogP contribution is -2.37. The smallest absolute Gasteiger partial charge is 0.229 e. The number of fused-ring (bicyclic) bond motifs is 1. The van der Waals surface area contributed by atoms with Gasteiger partial charge in [0.1, 0.15) is 5.02 Å². The zero-order valence-corrected chi connectivity index (χ0v) is 19.9. The first-order valence-corrected chi connectivity index (χ1v) is 11.5. The molecule has 2 amide bonds. The second-order valence-corrected chi connectivity index (χ2v) is 8.40. The molecule has 1 aliphatic rings. The average molecular weight is 490 g/mol. The van der Waals surface area contributed by atoms with Crippen LogP contribution in [0.4, 0.5) is 28.8 Å². The van der Waals surface area contributed by atoms with Crippen molar-refractivity contribution in [3.05, 3.63) is 64.8 Å². The highest BCUT2D eigenvalue weighted by Crippen LogP contribution is 2.30. The third-order valence-corrected chi connectivity index (χ3v) is 5.84. The number of para-hydroxylation sites is 1. The molecule has 0 spiro atoms. The third kappa shape index (κ3) is 5.86. The first-order chi connectivity index (χ1) is 16.9. The third-order valence-electron chi connectivity index (χ3n) is 5.57. The molecule has 0 atom stereocenters. The lowest BCUT2D eigenvalue weighted by Gasteiger charge is -2.27. The standard InChI is InChI=1S/C25H24ClN7O2/c1-16(34)33-12-10-23(35)28-14-18-13-19(8-9-22(18)33)30-25-29-15-20(26)24(32-25)31-21-7-3-2-5-17(21)6-4-11-27/h2-3,5,7-9,13,15H,4,6,10,12,14H2,1H3,(H,28,35)(H2,29,30,31,32). The maximum Gasteiger partial charge on any atom is 0.229 e. The minimum Gasteiger partial charge on any atom is -0.352 e. The lowest BCUT2D eigenvalue weighted by atomic mass is 10.1. The van der Waals surface area contributed by atoms with Gasteiger partial charge in [-0.3, -0.25) is 9.59 Å². The van der Waals surface area contributed by atoms with E-state index in [1.807, 2.05) is 42.5 Å². The Hall–Kier alpha value is -4.16. The van der Waals surface area contributed by atoms with Crippen molar-refractivity contribution < 1.29 is 9.59 Å². The molecular formula is C25H24ClN7O2. The highest BCUT2D eigenvalue weighted by atomic mass is 35.5. The molecule has 35 heavy (non-hydrogen) atoms. The fourth-order valence-electron chi connectivity index (χ4n) is 3.83. The van der Waals surface area contributed by atoms with Crippen molar-refractivity contribution in [2.75, 3.05) is 22.1 Å². The van der Waals surface area contributed by atoms with Crippen molar-refractivity contribution in [1.82, 2.24) is 15.3 Å². The van der Waals surface area contributed by atoms with Crippen molar-refractivity contribution in [2.45, 2.75) is 32.7 Å². The molecule has 2 aromatic carbocycles. The molecule has 0 bridgehead atoms. The van der Waals surface area contributed by atoms with E-state index < -0.39 is 0 Å². The number of amides is 2. The Kier molecular flexibility index (Phi) is 7.43. The van der Waals surface area contributed by atoms with E-state index in [2.05, 4.69) is 32.0 Å². The van der Waals surface area contributed by atoms with E-state index in [0.29, 0.717) is 48.4 Å². The molecule has 0 aliphatic carbocycles. The van der Waals surface area contributed by atoms with Gasteiger partial charge in [0.2, 0.25) is 17.8 Å². The molecule has 3 aromatic rings. The molecule has 1 aromatic heterocycles. The summed E-state index contributed by atoms with van der Waals surface area (Å²) in [6, 6.07) is 15.4. The van der Waals surface area contributed by atoms with Crippen LogP contribution in [0.2, 0.25) is 5.02 Å². The summed E-state index contributed by atoms with van der Waals surface area (Å²) in [7, 11) is 0. The lowest BCUT2D eigenvalue weighted by molar-refractivity contribution is -0.121. The Morgan fingerprint density at radius 1 is 1.26 bits per heavy atom. The molecule has 178 valence electrons. The van der Waals surface area contributed by atoms with Gasteiger partial charge in [0.05, 0.1) is 12.3 Å². The van der Waals surface area contributed by atoms with Gasteiger partial charge >= 0.3 is 0 Å². The molecule has 0 fully saturated rings. The number of aryl methyl sites for hydroxylation is 1. The van der Waals surface area contributed by atoms with Crippen LogP contribution in [-0.2, 0) is 22.6 Å². The molecule has 0 saturated heterocycles. The van der Waals surface area contributed by atoms with Crippen LogP contribution in [0.3, 0.4) is 0 Å².